The third kappa shape index (κ3) is 80.5. The summed E-state index contributed by atoms with van der Waals surface area (Å²) in [6, 6.07) is 0. The molecule has 0 aliphatic rings. The molecule has 0 rings (SSSR count). The number of rotatable bonds is 67. The molecule has 556 valence electrons. The predicted octanol–water partition coefficient (Wildman–Crippen LogP) is 25.4. The number of phosphoric ester groups is 1. The maximum Gasteiger partial charge on any atom is 0.306 e. The van der Waals surface area contributed by atoms with Crippen molar-refractivity contribution in [3.63, 3.8) is 0 Å². The molecule has 0 aliphatic heterocycles. The number of likely N-dealkylation sites (N-methyl/N-ethyl adjacent to an activating group) is 1. The number of hydrogen-bond acceptors (Lipinski definition) is 8. The first kappa shape index (κ1) is 93.6. The minimum Gasteiger partial charge on any atom is -0.756 e. The van der Waals surface area contributed by atoms with Crippen LogP contribution in [0.3, 0.4) is 0 Å². The summed E-state index contributed by atoms with van der Waals surface area (Å²) in [6.07, 6.45) is 126. The SMILES string of the molecule is CC/C=C\C/C=C\C/C=C\C/C=C\C/C=C\C/C=C\C/C=C\C/C=C\C/C=C\C/C=C\C/C=C\CCCCCCCCCC(=O)OC(COC(=O)CCCCCC/C=C\C/C=C\C/C=C\C/C=C\C/C=C\C/C=C\C/C=C\C/C=C\C/C=C\C/C=C\CC)COP(=O)([O-])OCC[N+](C)(C)C. The number of ether oxygens (including phenoxy) is 2. The van der Waals surface area contributed by atoms with Gasteiger partial charge in [0.25, 0.3) is 7.82 Å². The van der Waals surface area contributed by atoms with E-state index in [1.54, 1.807) is 0 Å². The van der Waals surface area contributed by atoms with E-state index < -0.39 is 32.5 Å². The van der Waals surface area contributed by atoms with Gasteiger partial charge in [0.2, 0.25) is 0 Å². The van der Waals surface area contributed by atoms with E-state index in [9.17, 15) is 19.0 Å². The van der Waals surface area contributed by atoms with Crippen molar-refractivity contribution in [1.29, 1.82) is 0 Å². The molecule has 0 spiro atoms. The highest BCUT2D eigenvalue weighted by atomic mass is 31.2. The second-order valence-corrected chi connectivity index (χ2v) is 27.0. The molecule has 0 radical (unpaired) electrons. The van der Waals surface area contributed by atoms with E-state index in [-0.39, 0.29) is 26.1 Å². The maximum absolute atomic E-state index is 12.9. The molecule has 0 N–H and O–H groups in total. The lowest BCUT2D eigenvalue weighted by atomic mass is 10.1. The van der Waals surface area contributed by atoms with Crippen molar-refractivity contribution >= 4 is 19.8 Å². The minimum atomic E-state index is -4.67. The van der Waals surface area contributed by atoms with Gasteiger partial charge in [-0.25, -0.2) is 0 Å². The molecule has 0 saturated heterocycles. The molecule has 0 aromatic heterocycles. The quantitative estimate of drug-likeness (QED) is 0.0195. The standard InChI is InChI=1S/C90H138NO8P/c1-6-8-10-12-14-16-18-20-22-24-26-28-30-32-34-36-38-40-42-43-44-45-46-47-49-51-53-55-57-59-61-63-65-67-69-71-73-75-77-79-81-83-90(93)99-88(87-98-100(94,95)97-85-84-91(3,4)5)86-96-89(92)82-80-78-76-74-72-70-68-66-64-62-60-58-56-54-52-50-48-41-39-37-35-33-31-29-27-25-23-21-19-17-15-13-11-9-7-2/h8-11,14-17,20-23,26-29,32-35,38-41,43-44,46-47,50-53,56-59,62-65,68,70,88H,6-7,12-13,18-19,24-25,30-31,36-37,42,45,48-49,54-55,60-61,66-67,69,71-87H2,1-5H3/b10-8-,11-9-,16-14-,17-15-,22-20-,23-21-,28-26-,29-27-,34-32-,35-33-,40-38-,41-39-,44-43-,47-46-,52-50-,53-51-,58-56-,59-57-,64-62-,65-63-,70-68-. The van der Waals surface area contributed by atoms with Gasteiger partial charge in [-0.1, -0.05) is 314 Å². The van der Waals surface area contributed by atoms with E-state index in [1.807, 2.05) is 21.1 Å². The number of phosphoric acid groups is 1. The van der Waals surface area contributed by atoms with Gasteiger partial charge in [0.05, 0.1) is 27.7 Å². The summed E-state index contributed by atoms with van der Waals surface area (Å²) in [5, 5.41) is 0. The second kappa shape index (κ2) is 76.7. The zero-order valence-electron chi connectivity index (χ0n) is 63.3. The molecule has 100 heavy (non-hydrogen) atoms. The largest absolute Gasteiger partial charge is 0.756 e. The van der Waals surface area contributed by atoms with Crippen LogP contribution in [0.15, 0.2) is 255 Å². The summed E-state index contributed by atoms with van der Waals surface area (Å²) in [5.41, 5.74) is 0. The van der Waals surface area contributed by atoms with Crippen LogP contribution in [0, 0.1) is 0 Å². The van der Waals surface area contributed by atoms with Gasteiger partial charge in [0.1, 0.15) is 19.8 Å². The van der Waals surface area contributed by atoms with Gasteiger partial charge in [-0.05, 0) is 173 Å². The monoisotopic (exact) mass is 1390 g/mol. The number of nitrogens with zero attached hydrogens (tertiary/aromatic N) is 1. The minimum absolute atomic E-state index is 0.0522. The molecule has 2 atom stereocenters. The lowest BCUT2D eigenvalue weighted by Crippen LogP contribution is -2.37. The summed E-state index contributed by atoms with van der Waals surface area (Å²) in [6.45, 7) is 3.93. The van der Waals surface area contributed by atoms with Crippen molar-refractivity contribution in [3.05, 3.63) is 255 Å². The fraction of sp³-hybridized carbons (Fsp3) is 0.511. The maximum atomic E-state index is 12.9. The fourth-order valence-corrected chi connectivity index (χ4v) is 10.0. The summed E-state index contributed by atoms with van der Waals surface area (Å²) >= 11 is 0. The first-order valence-corrected chi connectivity index (χ1v) is 39.9. The Hall–Kier alpha value is -6.45. The van der Waals surface area contributed by atoms with Gasteiger partial charge in [0, 0.05) is 12.8 Å². The van der Waals surface area contributed by atoms with Crippen molar-refractivity contribution in [2.45, 2.75) is 251 Å². The second-order valence-electron chi connectivity index (χ2n) is 25.5. The number of esters is 2. The number of hydrogen-bond donors (Lipinski definition) is 0. The molecule has 9 nitrogen and oxygen atoms in total. The van der Waals surface area contributed by atoms with Crippen LogP contribution in [0.2, 0.25) is 0 Å². The zero-order chi connectivity index (χ0) is 72.5. The van der Waals surface area contributed by atoms with Crippen molar-refractivity contribution in [2.24, 2.45) is 0 Å². The van der Waals surface area contributed by atoms with E-state index in [1.165, 1.54) is 6.42 Å². The Balaban J connectivity index is 4.21. The highest BCUT2D eigenvalue weighted by molar-refractivity contribution is 7.45. The van der Waals surface area contributed by atoms with Gasteiger partial charge < -0.3 is 27.9 Å². The zero-order valence-corrected chi connectivity index (χ0v) is 64.2. The predicted molar refractivity (Wildman–Crippen MR) is 433 cm³/mol. The molecule has 0 aromatic carbocycles. The van der Waals surface area contributed by atoms with Crippen molar-refractivity contribution in [1.82, 2.24) is 0 Å². The van der Waals surface area contributed by atoms with E-state index >= 15 is 0 Å². The number of quaternary nitrogens is 1. The van der Waals surface area contributed by atoms with Crippen LogP contribution in [0.4, 0.5) is 0 Å². The van der Waals surface area contributed by atoms with E-state index in [0.29, 0.717) is 23.9 Å². The molecule has 10 heteroatoms. The Morgan fingerprint density at radius 2 is 0.540 bits per heavy atom. The van der Waals surface area contributed by atoms with Crippen LogP contribution in [0.1, 0.15) is 245 Å². The van der Waals surface area contributed by atoms with Crippen LogP contribution < -0.4 is 4.89 Å². The highest BCUT2D eigenvalue weighted by Crippen LogP contribution is 2.38. The summed E-state index contributed by atoms with van der Waals surface area (Å²) < 4.78 is 34.3. The van der Waals surface area contributed by atoms with Crippen molar-refractivity contribution < 1.29 is 42.1 Å². The Morgan fingerprint density at radius 3 is 0.800 bits per heavy atom. The van der Waals surface area contributed by atoms with Gasteiger partial charge in [0.15, 0.2) is 6.10 Å². The Labute approximate surface area is 612 Å². The van der Waals surface area contributed by atoms with Gasteiger partial charge in [-0.3, -0.25) is 14.2 Å². The van der Waals surface area contributed by atoms with Crippen LogP contribution in [0.5, 0.6) is 0 Å². The average Bonchev–Trinajstić information content (AvgIpc) is 1.30. The van der Waals surface area contributed by atoms with Gasteiger partial charge >= 0.3 is 11.9 Å². The average molecular weight is 1390 g/mol. The van der Waals surface area contributed by atoms with E-state index in [2.05, 4.69) is 269 Å². The van der Waals surface area contributed by atoms with Crippen LogP contribution in [-0.4, -0.2) is 70.0 Å². The van der Waals surface area contributed by atoms with Crippen LogP contribution >= 0.6 is 7.82 Å². The summed E-state index contributed by atoms with van der Waals surface area (Å²) in [4.78, 5) is 38.1. The molecule has 0 saturated carbocycles. The van der Waals surface area contributed by atoms with E-state index in [0.717, 1.165) is 199 Å². The molecule has 0 heterocycles. The first-order chi connectivity index (χ1) is 49.0. The molecule has 0 fully saturated rings. The molecule has 0 aliphatic carbocycles. The van der Waals surface area contributed by atoms with Gasteiger partial charge in [-0.15, -0.1) is 0 Å². The molecule has 0 amide bonds. The van der Waals surface area contributed by atoms with Gasteiger partial charge in [-0.2, -0.15) is 0 Å². The summed E-state index contributed by atoms with van der Waals surface area (Å²) in [5.74, 6) is -0.896. The Bertz CT molecular complexity index is 2650. The Kier molecular flexibility index (Phi) is 71.8. The highest BCUT2D eigenvalue weighted by Gasteiger charge is 2.22. The number of unbranched alkanes of at least 4 members (excludes halogenated alkanes) is 11. The lowest BCUT2D eigenvalue weighted by molar-refractivity contribution is -0.870. The van der Waals surface area contributed by atoms with Crippen molar-refractivity contribution in [2.75, 3.05) is 47.5 Å². The molecule has 2 unspecified atom stereocenters. The molecule has 0 bridgehead atoms. The van der Waals surface area contributed by atoms with E-state index in [4.69, 9.17) is 18.5 Å². The van der Waals surface area contributed by atoms with Crippen molar-refractivity contribution in [3.8, 4) is 0 Å². The number of carbonyl (C=O) groups excluding carboxylic acids is 2. The number of allylic oxidation sites excluding steroid dienone is 42. The third-order valence-corrected chi connectivity index (χ3v) is 16.0. The lowest BCUT2D eigenvalue weighted by Gasteiger charge is -2.28. The van der Waals surface area contributed by atoms with Crippen LogP contribution in [-0.2, 0) is 32.7 Å². The van der Waals surface area contributed by atoms with Crippen LogP contribution in [0.25, 0.3) is 0 Å². The fourth-order valence-electron chi connectivity index (χ4n) is 9.28. The summed E-state index contributed by atoms with van der Waals surface area (Å²) in [7, 11) is 1.10. The third-order valence-electron chi connectivity index (χ3n) is 15.1. The Morgan fingerprint density at radius 1 is 0.310 bits per heavy atom. The normalized spacial score (nSPS) is 14.5. The molecular weight excluding hydrogens is 1250 g/mol. The molecule has 0 aromatic rings. The molecular formula is C90H138NO8P. The smallest absolute Gasteiger partial charge is 0.306 e. The topological polar surface area (TPSA) is 111 Å². The number of carbonyl (C=O) groups is 2. The first-order valence-electron chi connectivity index (χ1n) is 38.4.